The first-order valence-corrected chi connectivity index (χ1v) is 6.69. The first-order valence-electron chi connectivity index (χ1n) is 5.88. The normalized spacial score (nSPS) is 12.5. The van der Waals surface area contributed by atoms with Gasteiger partial charge in [0.1, 0.15) is 17.0 Å². The number of nitrogens with zero attached hydrogens (tertiary/aromatic N) is 1. The Balaban J connectivity index is 1.91. The first kappa shape index (κ1) is 13.1. The Morgan fingerprint density at radius 1 is 1.15 bits per heavy atom. The maximum Gasteiger partial charge on any atom is 0.229 e. The Bertz CT molecular complexity index is 758. The summed E-state index contributed by atoms with van der Waals surface area (Å²) < 4.78 is 5.56. The summed E-state index contributed by atoms with van der Waals surface area (Å²) in [6, 6.07) is 12.1. The number of aromatic nitrogens is 2. The fourth-order valence-corrected chi connectivity index (χ4v) is 2.23. The number of imidazole rings is 1. The van der Waals surface area contributed by atoms with Crippen molar-refractivity contribution in [2.24, 2.45) is 0 Å². The maximum atomic E-state index is 9.72. The van der Waals surface area contributed by atoms with E-state index < -0.39 is 5.56 Å². The van der Waals surface area contributed by atoms with Gasteiger partial charge in [-0.05, 0) is 24.3 Å². The van der Waals surface area contributed by atoms with Crippen LogP contribution >= 0.6 is 23.2 Å². The molecular weight excluding hydrogens is 299 g/mol. The van der Waals surface area contributed by atoms with Gasteiger partial charge >= 0.3 is 0 Å². The highest BCUT2D eigenvalue weighted by molar-refractivity contribution is 6.32. The van der Waals surface area contributed by atoms with Gasteiger partial charge in [-0.3, -0.25) is 0 Å². The second-order valence-corrected chi connectivity index (χ2v) is 4.96. The topological polar surface area (TPSA) is 58.1 Å². The molecular formula is C14H10Cl2N2O2. The lowest BCUT2D eigenvalue weighted by Gasteiger charge is -2.11. The number of rotatable bonds is 3. The summed E-state index contributed by atoms with van der Waals surface area (Å²) in [5.41, 5.74) is 0.311. The van der Waals surface area contributed by atoms with E-state index in [2.05, 4.69) is 9.97 Å². The molecule has 0 bridgehead atoms. The van der Waals surface area contributed by atoms with Crippen LogP contribution in [0.5, 0.6) is 11.5 Å². The standard InChI is InChI=1S/C14H10Cl2N2O2/c15-8-4-1-2-7-11(8)20-13(16)14-17-9-5-3-6-10(19)12(9)18-14/h1-7,13,19H,(H,17,18). The van der Waals surface area contributed by atoms with E-state index in [1.54, 1.807) is 42.5 Å². The monoisotopic (exact) mass is 308 g/mol. The van der Waals surface area contributed by atoms with E-state index in [1.165, 1.54) is 0 Å². The Labute approximate surface area is 124 Å². The number of phenolic OH excluding ortho intramolecular Hbond substituents is 1. The van der Waals surface area contributed by atoms with Crippen molar-refractivity contribution in [3.8, 4) is 11.5 Å². The van der Waals surface area contributed by atoms with Gasteiger partial charge in [-0.2, -0.15) is 0 Å². The lowest BCUT2D eigenvalue weighted by molar-refractivity contribution is 0.279. The molecule has 4 nitrogen and oxygen atoms in total. The molecule has 0 aliphatic heterocycles. The molecule has 102 valence electrons. The summed E-state index contributed by atoms with van der Waals surface area (Å²) in [6.07, 6.45) is 0. The Morgan fingerprint density at radius 2 is 1.95 bits per heavy atom. The van der Waals surface area contributed by atoms with E-state index in [9.17, 15) is 5.11 Å². The summed E-state index contributed by atoms with van der Waals surface area (Å²) in [7, 11) is 0. The number of nitrogens with one attached hydrogen (secondary N) is 1. The molecule has 0 spiro atoms. The first-order chi connectivity index (χ1) is 9.65. The number of aromatic amines is 1. The third-order valence-electron chi connectivity index (χ3n) is 2.80. The molecule has 0 aliphatic rings. The highest BCUT2D eigenvalue weighted by Crippen LogP contribution is 2.31. The van der Waals surface area contributed by atoms with Gasteiger partial charge in [-0.1, -0.05) is 41.4 Å². The largest absolute Gasteiger partial charge is 0.506 e. The zero-order valence-electron chi connectivity index (χ0n) is 10.2. The van der Waals surface area contributed by atoms with E-state index >= 15 is 0 Å². The molecule has 6 heteroatoms. The number of H-pyrrole nitrogens is 1. The van der Waals surface area contributed by atoms with Crippen LogP contribution < -0.4 is 4.74 Å². The summed E-state index contributed by atoms with van der Waals surface area (Å²) in [6.45, 7) is 0. The lowest BCUT2D eigenvalue weighted by Crippen LogP contribution is -2.02. The van der Waals surface area contributed by atoms with E-state index in [0.717, 1.165) is 0 Å². The van der Waals surface area contributed by atoms with Crippen LogP contribution in [0.2, 0.25) is 5.02 Å². The number of ether oxygens (including phenoxy) is 1. The molecule has 0 saturated carbocycles. The fourth-order valence-electron chi connectivity index (χ4n) is 1.85. The van der Waals surface area contributed by atoms with Gasteiger partial charge in [0.2, 0.25) is 5.56 Å². The molecule has 1 atom stereocenters. The van der Waals surface area contributed by atoms with Gasteiger partial charge in [0, 0.05) is 0 Å². The maximum absolute atomic E-state index is 9.72. The van der Waals surface area contributed by atoms with Crippen molar-refractivity contribution in [1.82, 2.24) is 9.97 Å². The second kappa shape index (κ2) is 5.23. The number of hydrogen-bond acceptors (Lipinski definition) is 3. The molecule has 2 N–H and O–H groups in total. The van der Waals surface area contributed by atoms with Gasteiger partial charge in [-0.25, -0.2) is 4.98 Å². The molecule has 3 rings (SSSR count). The van der Waals surface area contributed by atoms with Crippen LogP contribution in [-0.4, -0.2) is 15.1 Å². The van der Waals surface area contributed by atoms with Crippen LogP contribution in [0.3, 0.4) is 0 Å². The minimum absolute atomic E-state index is 0.114. The molecule has 1 heterocycles. The fraction of sp³-hybridized carbons (Fsp3) is 0.0714. The van der Waals surface area contributed by atoms with Crippen molar-refractivity contribution in [3.63, 3.8) is 0 Å². The van der Waals surface area contributed by atoms with Crippen molar-refractivity contribution >= 4 is 34.2 Å². The van der Waals surface area contributed by atoms with Crippen LogP contribution in [0.1, 0.15) is 11.4 Å². The third-order valence-corrected chi connectivity index (χ3v) is 3.40. The van der Waals surface area contributed by atoms with E-state index in [-0.39, 0.29) is 5.75 Å². The Hall–Kier alpha value is -1.91. The average Bonchev–Trinajstić information content (AvgIpc) is 2.87. The quantitative estimate of drug-likeness (QED) is 0.712. The number of benzene rings is 2. The predicted octanol–water partition coefficient (Wildman–Crippen LogP) is 4.24. The molecule has 0 amide bonds. The molecule has 0 radical (unpaired) electrons. The zero-order chi connectivity index (χ0) is 14.1. The number of phenols is 1. The predicted molar refractivity (Wildman–Crippen MR) is 78.4 cm³/mol. The van der Waals surface area contributed by atoms with Gasteiger partial charge < -0.3 is 14.8 Å². The van der Waals surface area contributed by atoms with Crippen molar-refractivity contribution < 1.29 is 9.84 Å². The molecule has 0 fully saturated rings. The van der Waals surface area contributed by atoms with Gasteiger partial charge in [0.15, 0.2) is 5.82 Å². The highest BCUT2D eigenvalue weighted by atomic mass is 35.5. The molecule has 1 unspecified atom stereocenters. The number of hydrogen-bond donors (Lipinski definition) is 2. The van der Waals surface area contributed by atoms with Gasteiger partial charge in [0.05, 0.1) is 10.5 Å². The minimum atomic E-state index is -0.832. The second-order valence-electron chi connectivity index (χ2n) is 4.16. The van der Waals surface area contributed by atoms with Crippen molar-refractivity contribution in [3.05, 3.63) is 53.3 Å². The molecule has 0 saturated heterocycles. The SMILES string of the molecule is Oc1cccc2nc(C(Cl)Oc3ccccc3Cl)[nH]c12. The summed E-state index contributed by atoms with van der Waals surface area (Å²) in [5.74, 6) is 0.991. The Kier molecular flexibility index (Phi) is 3.42. The van der Waals surface area contributed by atoms with Crippen molar-refractivity contribution in [2.75, 3.05) is 0 Å². The number of fused-ring (bicyclic) bond motifs is 1. The molecule has 3 aromatic rings. The molecule has 0 aliphatic carbocycles. The van der Waals surface area contributed by atoms with Crippen LogP contribution in [0.4, 0.5) is 0 Å². The highest BCUT2D eigenvalue weighted by Gasteiger charge is 2.17. The number of alkyl halides is 1. The van der Waals surface area contributed by atoms with Crippen molar-refractivity contribution in [2.45, 2.75) is 5.56 Å². The van der Waals surface area contributed by atoms with Gasteiger partial charge in [-0.15, -0.1) is 0 Å². The Morgan fingerprint density at radius 3 is 2.70 bits per heavy atom. The van der Waals surface area contributed by atoms with Crippen LogP contribution in [0.15, 0.2) is 42.5 Å². The number of para-hydroxylation sites is 2. The lowest BCUT2D eigenvalue weighted by atomic mass is 10.3. The van der Waals surface area contributed by atoms with Crippen LogP contribution in [0, 0.1) is 0 Å². The summed E-state index contributed by atoms with van der Waals surface area (Å²) in [5, 5.41) is 10.2. The summed E-state index contributed by atoms with van der Waals surface area (Å²) >= 11 is 12.2. The smallest absolute Gasteiger partial charge is 0.229 e. The van der Waals surface area contributed by atoms with Crippen molar-refractivity contribution in [1.29, 1.82) is 0 Å². The minimum Gasteiger partial charge on any atom is -0.506 e. The number of aromatic hydroxyl groups is 1. The van der Waals surface area contributed by atoms with E-state index in [1.807, 2.05) is 0 Å². The number of halogens is 2. The van der Waals surface area contributed by atoms with Crippen LogP contribution in [0.25, 0.3) is 11.0 Å². The molecule has 1 aromatic heterocycles. The van der Waals surface area contributed by atoms with Gasteiger partial charge in [0.25, 0.3) is 0 Å². The van der Waals surface area contributed by atoms with Crippen LogP contribution in [-0.2, 0) is 0 Å². The molecule has 20 heavy (non-hydrogen) atoms. The zero-order valence-corrected chi connectivity index (χ0v) is 11.7. The van der Waals surface area contributed by atoms with E-state index in [4.69, 9.17) is 27.9 Å². The average molecular weight is 309 g/mol. The molecule has 2 aromatic carbocycles. The summed E-state index contributed by atoms with van der Waals surface area (Å²) in [4.78, 5) is 7.23. The van der Waals surface area contributed by atoms with E-state index in [0.29, 0.717) is 27.6 Å². The third kappa shape index (κ3) is 2.40.